The second kappa shape index (κ2) is 7.08. The third-order valence-electron chi connectivity index (χ3n) is 3.34. The Balaban J connectivity index is 2.62. The van der Waals surface area contributed by atoms with Crippen LogP contribution in [0.3, 0.4) is 0 Å². The highest BCUT2D eigenvalue weighted by molar-refractivity contribution is 5.85. The van der Waals surface area contributed by atoms with Crippen LogP contribution < -0.4 is 5.32 Å². The highest BCUT2D eigenvalue weighted by Crippen LogP contribution is 2.11. The summed E-state index contributed by atoms with van der Waals surface area (Å²) in [5.41, 5.74) is 2.26. The van der Waals surface area contributed by atoms with Crippen LogP contribution in [0.15, 0.2) is 24.3 Å². The Morgan fingerprint density at radius 3 is 2.15 bits per heavy atom. The predicted octanol–water partition coefficient (Wildman–Crippen LogP) is 2.40. The molecule has 0 spiro atoms. The van der Waals surface area contributed by atoms with Gasteiger partial charge in [-0.05, 0) is 24.8 Å². The predicted molar refractivity (Wildman–Crippen MR) is 78.5 cm³/mol. The van der Waals surface area contributed by atoms with E-state index >= 15 is 0 Å². The lowest BCUT2D eigenvalue weighted by molar-refractivity contribution is -0.143. The summed E-state index contributed by atoms with van der Waals surface area (Å²) in [6.07, 6.45) is 0.608. The van der Waals surface area contributed by atoms with Crippen LogP contribution in [-0.4, -0.2) is 23.0 Å². The molecule has 0 aliphatic carbocycles. The molecule has 0 aliphatic rings. The van der Waals surface area contributed by atoms with E-state index < -0.39 is 12.0 Å². The fourth-order valence-corrected chi connectivity index (χ4v) is 1.98. The quantitative estimate of drug-likeness (QED) is 0.839. The third kappa shape index (κ3) is 4.68. The number of aliphatic carboxylic acids is 1. The van der Waals surface area contributed by atoms with Gasteiger partial charge in [0.25, 0.3) is 0 Å². The van der Waals surface area contributed by atoms with Crippen LogP contribution in [0.5, 0.6) is 0 Å². The van der Waals surface area contributed by atoms with E-state index in [0.29, 0.717) is 6.42 Å². The van der Waals surface area contributed by atoms with E-state index in [9.17, 15) is 9.59 Å². The molecule has 2 N–H and O–H groups in total. The number of aryl methyl sites for hydroxylation is 1. The normalized spacial score (nSPS) is 13.8. The van der Waals surface area contributed by atoms with Crippen LogP contribution in [0, 0.1) is 18.8 Å². The van der Waals surface area contributed by atoms with Gasteiger partial charge in [-0.25, -0.2) is 4.79 Å². The standard InChI is InChI=1S/C16H23NO3/c1-10(2)14(16(19)20)17-15(18)12(4)9-13-7-5-11(3)6-8-13/h5-8,10,12,14H,9H2,1-4H3,(H,17,18)(H,19,20)/t12?,14-/m0/s1. The molecule has 2 atom stereocenters. The van der Waals surface area contributed by atoms with Crippen molar-refractivity contribution in [1.82, 2.24) is 5.32 Å². The lowest BCUT2D eigenvalue weighted by Gasteiger charge is -2.20. The first-order chi connectivity index (χ1) is 9.31. The number of carboxylic acids is 1. The van der Waals surface area contributed by atoms with Crippen LogP contribution in [0.4, 0.5) is 0 Å². The van der Waals surface area contributed by atoms with E-state index in [0.717, 1.165) is 5.56 Å². The first kappa shape index (κ1) is 16.2. The van der Waals surface area contributed by atoms with E-state index in [4.69, 9.17) is 5.11 Å². The Hall–Kier alpha value is -1.84. The molecule has 0 heterocycles. The minimum Gasteiger partial charge on any atom is -0.480 e. The Kier molecular flexibility index (Phi) is 5.74. The maximum Gasteiger partial charge on any atom is 0.326 e. The Morgan fingerprint density at radius 1 is 1.15 bits per heavy atom. The van der Waals surface area contributed by atoms with Crippen LogP contribution >= 0.6 is 0 Å². The van der Waals surface area contributed by atoms with Gasteiger partial charge in [0.1, 0.15) is 6.04 Å². The van der Waals surface area contributed by atoms with Crippen molar-refractivity contribution >= 4 is 11.9 Å². The van der Waals surface area contributed by atoms with Gasteiger partial charge in [-0.2, -0.15) is 0 Å². The second-order valence-corrected chi connectivity index (χ2v) is 5.66. The van der Waals surface area contributed by atoms with Crippen molar-refractivity contribution in [2.75, 3.05) is 0 Å². The van der Waals surface area contributed by atoms with Crippen molar-refractivity contribution in [3.8, 4) is 0 Å². The molecule has 0 bridgehead atoms. The summed E-state index contributed by atoms with van der Waals surface area (Å²) < 4.78 is 0. The number of hydrogen-bond donors (Lipinski definition) is 2. The molecule has 0 radical (unpaired) electrons. The van der Waals surface area contributed by atoms with Crippen molar-refractivity contribution < 1.29 is 14.7 Å². The summed E-state index contributed by atoms with van der Waals surface area (Å²) in [5.74, 6) is -1.59. The van der Waals surface area contributed by atoms with Crippen LogP contribution in [0.1, 0.15) is 31.9 Å². The summed E-state index contributed by atoms with van der Waals surface area (Å²) >= 11 is 0. The molecule has 20 heavy (non-hydrogen) atoms. The summed E-state index contributed by atoms with van der Waals surface area (Å²) in [6.45, 7) is 7.39. The SMILES string of the molecule is Cc1ccc(CC(C)C(=O)N[C@H](C(=O)O)C(C)C)cc1. The van der Waals surface area contributed by atoms with Crippen molar-refractivity contribution in [3.63, 3.8) is 0 Å². The first-order valence-electron chi connectivity index (χ1n) is 6.90. The molecular weight excluding hydrogens is 254 g/mol. The topological polar surface area (TPSA) is 66.4 Å². The molecule has 0 aliphatic heterocycles. The molecule has 1 amide bonds. The van der Waals surface area contributed by atoms with Gasteiger partial charge in [0, 0.05) is 5.92 Å². The largest absolute Gasteiger partial charge is 0.480 e. The van der Waals surface area contributed by atoms with E-state index in [1.165, 1.54) is 5.56 Å². The highest BCUT2D eigenvalue weighted by atomic mass is 16.4. The maximum absolute atomic E-state index is 12.1. The Bertz CT molecular complexity index is 465. The zero-order chi connectivity index (χ0) is 15.3. The minimum absolute atomic E-state index is 0.136. The molecule has 0 aromatic heterocycles. The van der Waals surface area contributed by atoms with Gasteiger partial charge < -0.3 is 10.4 Å². The molecule has 4 nitrogen and oxygen atoms in total. The van der Waals surface area contributed by atoms with Gasteiger partial charge in [0.15, 0.2) is 0 Å². The number of hydrogen-bond acceptors (Lipinski definition) is 2. The van der Waals surface area contributed by atoms with Crippen LogP contribution in [0.2, 0.25) is 0 Å². The fraction of sp³-hybridized carbons (Fsp3) is 0.500. The highest BCUT2D eigenvalue weighted by Gasteiger charge is 2.25. The smallest absolute Gasteiger partial charge is 0.326 e. The van der Waals surface area contributed by atoms with E-state index in [1.807, 2.05) is 38.1 Å². The average molecular weight is 277 g/mol. The summed E-state index contributed by atoms with van der Waals surface area (Å²) in [4.78, 5) is 23.1. The van der Waals surface area contributed by atoms with Gasteiger partial charge in [0.05, 0.1) is 0 Å². The zero-order valence-corrected chi connectivity index (χ0v) is 12.5. The van der Waals surface area contributed by atoms with Gasteiger partial charge in [-0.3, -0.25) is 4.79 Å². The number of amides is 1. The lowest BCUT2D eigenvalue weighted by Crippen LogP contribution is -2.46. The summed E-state index contributed by atoms with van der Waals surface area (Å²) in [7, 11) is 0. The summed E-state index contributed by atoms with van der Waals surface area (Å²) in [5, 5.41) is 11.7. The number of nitrogens with one attached hydrogen (secondary N) is 1. The summed E-state index contributed by atoms with van der Waals surface area (Å²) in [6, 6.07) is 7.18. The lowest BCUT2D eigenvalue weighted by atomic mass is 9.98. The number of carbonyl (C=O) groups is 2. The average Bonchev–Trinajstić information content (AvgIpc) is 2.37. The Labute approximate surface area is 120 Å². The Morgan fingerprint density at radius 2 is 1.70 bits per heavy atom. The molecule has 1 unspecified atom stereocenters. The molecule has 0 saturated heterocycles. The molecule has 0 saturated carbocycles. The number of carboxylic acid groups (broad SMARTS) is 1. The number of carbonyl (C=O) groups excluding carboxylic acids is 1. The molecule has 110 valence electrons. The second-order valence-electron chi connectivity index (χ2n) is 5.66. The van der Waals surface area contributed by atoms with E-state index in [-0.39, 0.29) is 17.7 Å². The molecular formula is C16H23NO3. The third-order valence-corrected chi connectivity index (χ3v) is 3.34. The van der Waals surface area contributed by atoms with Gasteiger partial charge in [0.2, 0.25) is 5.91 Å². The van der Waals surface area contributed by atoms with Crippen LogP contribution in [0.25, 0.3) is 0 Å². The number of benzene rings is 1. The molecule has 1 aromatic carbocycles. The van der Waals surface area contributed by atoms with Crippen molar-refractivity contribution in [1.29, 1.82) is 0 Å². The van der Waals surface area contributed by atoms with Crippen molar-refractivity contribution in [2.45, 2.75) is 40.2 Å². The van der Waals surface area contributed by atoms with E-state index in [1.54, 1.807) is 13.8 Å². The maximum atomic E-state index is 12.1. The first-order valence-corrected chi connectivity index (χ1v) is 6.90. The molecule has 0 fully saturated rings. The van der Waals surface area contributed by atoms with Crippen molar-refractivity contribution in [2.24, 2.45) is 11.8 Å². The zero-order valence-electron chi connectivity index (χ0n) is 12.5. The number of rotatable bonds is 6. The van der Waals surface area contributed by atoms with Gasteiger partial charge in [-0.1, -0.05) is 50.6 Å². The fourth-order valence-electron chi connectivity index (χ4n) is 1.98. The van der Waals surface area contributed by atoms with E-state index in [2.05, 4.69) is 5.32 Å². The molecule has 1 rings (SSSR count). The molecule has 1 aromatic rings. The monoisotopic (exact) mass is 277 g/mol. The van der Waals surface area contributed by atoms with Gasteiger partial charge >= 0.3 is 5.97 Å². The molecule has 4 heteroatoms. The van der Waals surface area contributed by atoms with Crippen LogP contribution in [-0.2, 0) is 16.0 Å². The minimum atomic E-state index is -0.990. The van der Waals surface area contributed by atoms with Crippen molar-refractivity contribution in [3.05, 3.63) is 35.4 Å². The van der Waals surface area contributed by atoms with Gasteiger partial charge in [-0.15, -0.1) is 0 Å².